The van der Waals surface area contributed by atoms with Gasteiger partial charge in [0, 0.05) is 12.6 Å². The second-order valence-corrected chi connectivity index (χ2v) is 4.87. The van der Waals surface area contributed by atoms with Crippen molar-refractivity contribution >= 4 is 23.3 Å². The molecule has 1 aromatic carbocycles. The van der Waals surface area contributed by atoms with Gasteiger partial charge < -0.3 is 10.1 Å². The van der Waals surface area contributed by atoms with Gasteiger partial charge in [0.05, 0.1) is 6.54 Å². The van der Waals surface area contributed by atoms with Crippen LogP contribution in [-0.2, 0) is 0 Å². The van der Waals surface area contributed by atoms with Crippen LogP contribution in [0.15, 0.2) is 42.5 Å². The van der Waals surface area contributed by atoms with Gasteiger partial charge in [-0.05, 0) is 24.3 Å². The van der Waals surface area contributed by atoms with E-state index in [2.05, 4.69) is 10.3 Å². The first-order valence-corrected chi connectivity index (χ1v) is 6.93. The zero-order chi connectivity index (χ0) is 15.5. The Labute approximate surface area is 127 Å². The van der Waals surface area contributed by atoms with Crippen LogP contribution in [0.5, 0.6) is 5.75 Å². The highest BCUT2D eigenvalue weighted by atomic mass is 16.5. The number of rotatable bonds is 2. The van der Waals surface area contributed by atoms with E-state index < -0.39 is 0 Å². The number of carbonyl (C=O) groups is 2. The highest BCUT2D eigenvalue weighted by Crippen LogP contribution is 2.30. The molecule has 0 saturated heterocycles. The third kappa shape index (κ3) is 2.76. The maximum absolute atomic E-state index is 12.4. The zero-order valence-corrected chi connectivity index (χ0v) is 12.1. The standard InChI is InChI=1S/C16H15N3O3/c1-11(20)13-7-8-14-15(18-13)19(9-10-22-14)16(21)17-12-5-3-2-4-6-12/h2-8H,9-10H2,1H3,(H,17,21). The molecule has 112 valence electrons. The van der Waals surface area contributed by atoms with Crippen LogP contribution in [0, 0.1) is 0 Å². The number of Topliss-reactive ketones (excluding diaryl/α,β-unsaturated/α-hetero) is 1. The van der Waals surface area contributed by atoms with Crippen LogP contribution in [0.3, 0.4) is 0 Å². The van der Waals surface area contributed by atoms with Crippen molar-refractivity contribution in [3.05, 3.63) is 48.2 Å². The van der Waals surface area contributed by atoms with E-state index in [4.69, 9.17) is 4.74 Å². The van der Waals surface area contributed by atoms with E-state index in [1.165, 1.54) is 11.8 Å². The van der Waals surface area contributed by atoms with Gasteiger partial charge in [-0.1, -0.05) is 18.2 Å². The van der Waals surface area contributed by atoms with Gasteiger partial charge in [-0.2, -0.15) is 0 Å². The van der Waals surface area contributed by atoms with Crippen molar-refractivity contribution in [2.75, 3.05) is 23.4 Å². The molecule has 2 aromatic rings. The van der Waals surface area contributed by atoms with Gasteiger partial charge in [-0.25, -0.2) is 9.78 Å². The van der Waals surface area contributed by atoms with Gasteiger partial charge in [0.25, 0.3) is 0 Å². The molecule has 6 nitrogen and oxygen atoms in total. The summed E-state index contributed by atoms with van der Waals surface area (Å²) in [7, 11) is 0. The van der Waals surface area contributed by atoms with Crippen molar-refractivity contribution in [2.24, 2.45) is 0 Å². The normalized spacial score (nSPS) is 13.0. The fourth-order valence-electron chi connectivity index (χ4n) is 2.20. The van der Waals surface area contributed by atoms with Crippen molar-refractivity contribution in [3.63, 3.8) is 0 Å². The average molecular weight is 297 g/mol. The van der Waals surface area contributed by atoms with Crippen LogP contribution >= 0.6 is 0 Å². The van der Waals surface area contributed by atoms with Crippen LogP contribution < -0.4 is 15.0 Å². The highest BCUT2D eigenvalue weighted by molar-refractivity contribution is 6.02. The van der Waals surface area contributed by atoms with E-state index >= 15 is 0 Å². The number of para-hydroxylation sites is 1. The summed E-state index contributed by atoms with van der Waals surface area (Å²) < 4.78 is 5.49. The maximum atomic E-state index is 12.4. The van der Waals surface area contributed by atoms with E-state index in [1.54, 1.807) is 24.3 Å². The highest BCUT2D eigenvalue weighted by Gasteiger charge is 2.26. The quantitative estimate of drug-likeness (QED) is 0.865. The molecule has 1 aliphatic rings. The number of aromatic nitrogens is 1. The molecule has 2 heterocycles. The van der Waals surface area contributed by atoms with E-state index in [0.717, 1.165) is 0 Å². The Morgan fingerprint density at radius 1 is 1.18 bits per heavy atom. The van der Waals surface area contributed by atoms with E-state index in [-0.39, 0.29) is 11.8 Å². The Hall–Kier alpha value is -2.89. The minimum absolute atomic E-state index is 0.156. The van der Waals surface area contributed by atoms with Crippen LogP contribution in [0.2, 0.25) is 0 Å². The van der Waals surface area contributed by atoms with Gasteiger partial charge >= 0.3 is 6.03 Å². The summed E-state index contributed by atoms with van der Waals surface area (Å²) in [4.78, 5) is 29.7. The summed E-state index contributed by atoms with van der Waals surface area (Å²) in [6.07, 6.45) is 0. The number of amides is 2. The van der Waals surface area contributed by atoms with E-state index in [9.17, 15) is 9.59 Å². The molecule has 0 fully saturated rings. The lowest BCUT2D eigenvalue weighted by molar-refractivity contribution is 0.101. The molecule has 1 aromatic heterocycles. The summed E-state index contributed by atoms with van der Waals surface area (Å²) in [6.45, 7) is 2.20. The molecule has 22 heavy (non-hydrogen) atoms. The van der Waals surface area contributed by atoms with Crippen molar-refractivity contribution < 1.29 is 14.3 Å². The number of fused-ring (bicyclic) bond motifs is 1. The molecule has 0 atom stereocenters. The Morgan fingerprint density at radius 3 is 2.68 bits per heavy atom. The predicted octanol–water partition coefficient (Wildman–Crippen LogP) is 2.72. The molecule has 3 rings (SSSR count). The lowest BCUT2D eigenvalue weighted by Gasteiger charge is -2.28. The van der Waals surface area contributed by atoms with Crippen LogP contribution in [0.4, 0.5) is 16.3 Å². The minimum Gasteiger partial charge on any atom is -0.488 e. The largest absolute Gasteiger partial charge is 0.488 e. The van der Waals surface area contributed by atoms with Gasteiger partial charge in [-0.3, -0.25) is 9.69 Å². The molecule has 0 bridgehead atoms. The molecule has 0 unspecified atom stereocenters. The number of nitrogens with one attached hydrogen (secondary N) is 1. The molecule has 0 saturated carbocycles. The third-order valence-electron chi connectivity index (χ3n) is 3.30. The number of ether oxygens (including phenoxy) is 1. The first-order chi connectivity index (χ1) is 10.6. The SMILES string of the molecule is CC(=O)c1ccc2c(n1)N(C(=O)Nc1ccccc1)CCO2. The third-order valence-corrected chi connectivity index (χ3v) is 3.30. The number of anilines is 2. The molecule has 0 radical (unpaired) electrons. The van der Waals surface area contributed by atoms with Gasteiger partial charge in [0.1, 0.15) is 12.3 Å². The fourth-order valence-corrected chi connectivity index (χ4v) is 2.20. The van der Waals surface area contributed by atoms with Gasteiger partial charge in [0.15, 0.2) is 17.4 Å². The van der Waals surface area contributed by atoms with E-state index in [0.29, 0.717) is 36.1 Å². The first-order valence-electron chi connectivity index (χ1n) is 6.93. The number of hydrogen-bond acceptors (Lipinski definition) is 4. The molecule has 6 heteroatoms. The van der Waals surface area contributed by atoms with E-state index in [1.807, 2.05) is 18.2 Å². The Balaban J connectivity index is 1.88. The zero-order valence-electron chi connectivity index (χ0n) is 12.1. The van der Waals surface area contributed by atoms with Gasteiger partial charge in [-0.15, -0.1) is 0 Å². The number of benzene rings is 1. The predicted molar refractivity (Wildman–Crippen MR) is 82.5 cm³/mol. The fraction of sp³-hybridized carbons (Fsp3) is 0.188. The lowest BCUT2D eigenvalue weighted by Crippen LogP contribution is -2.41. The monoisotopic (exact) mass is 297 g/mol. The Kier molecular flexibility index (Phi) is 3.74. The van der Waals surface area contributed by atoms with Crippen molar-refractivity contribution in [2.45, 2.75) is 6.92 Å². The number of pyridine rings is 1. The number of ketones is 1. The summed E-state index contributed by atoms with van der Waals surface area (Å²) in [5.41, 5.74) is 1.00. The first kappa shape index (κ1) is 14.1. The number of urea groups is 1. The second-order valence-electron chi connectivity index (χ2n) is 4.87. The minimum atomic E-state index is -0.302. The molecule has 0 aliphatic carbocycles. The van der Waals surface area contributed by atoms with Crippen LogP contribution in [0.1, 0.15) is 17.4 Å². The summed E-state index contributed by atoms with van der Waals surface area (Å²) >= 11 is 0. The Bertz CT molecular complexity index is 716. The maximum Gasteiger partial charge on any atom is 0.327 e. The molecule has 1 aliphatic heterocycles. The summed E-state index contributed by atoms with van der Waals surface area (Å²) in [5, 5.41) is 2.81. The molecule has 0 spiro atoms. The van der Waals surface area contributed by atoms with Crippen LogP contribution in [-0.4, -0.2) is 29.9 Å². The topological polar surface area (TPSA) is 71.5 Å². The smallest absolute Gasteiger partial charge is 0.327 e. The number of nitrogens with zero attached hydrogens (tertiary/aromatic N) is 2. The molecule has 1 N–H and O–H groups in total. The summed E-state index contributed by atoms with van der Waals surface area (Å²) in [5.74, 6) is 0.712. The second kappa shape index (κ2) is 5.85. The van der Waals surface area contributed by atoms with Crippen LogP contribution in [0.25, 0.3) is 0 Å². The van der Waals surface area contributed by atoms with Gasteiger partial charge in [0.2, 0.25) is 0 Å². The van der Waals surface area contributed by atoms with Crippen molar-refractivity contribution in [1.82, 2.24) is 4.98 Å². The molecular formula is C16H15N3O3. The number of carbonyl (C=O) groups excluding carboxylic acids is 2. The summed E-state index contributed by atoms with van der Waals surface area (Å²) in [6, 6.07) is 12.1. The average Bonchev–Trinajstić information content (AvgIpc) is 2.54. The Morgan fingerprint density at radius 2 is 1.95 bits per heavy atom. The molecular weight excluding hydrogens is 282 g/mol. The lowest BCUT2D eigenvalue weighted by atomic mass is 10.2. The van der Waals surface area contributed by atoms with Crippen molar-refractivity contribution in [1.29, 1.82) is 0 Å². The van der Waals surface area contributed by atoms with Crippen molar-refractivity contribution in [3.8, 4) is 5.75 Å². The molecule has 2 amide bonds. The number of hydrogen-bond donors (Lipinski definition) is 1.